The molecule has 0 radical (unpaired) electrons. The summed E-state index contributed by atoms with van der Waals surface area (Å²) in [6, 6.07) is -8.14. The number of amides is 7. The van der Waals surface area contributed by atoms with Gasteiger partial charge in [0.05, 0.1) is 6.04 Å². The van der Waals surface area contributed by atoms with Gasteiger partial charge in [-0.15, -0.1) is 0 Å². The topological polar surface area (TPSA) is 258 Å². The molecule has 1 fully saturated rings. The molecular weight excluding hydrogens is 724 g/mol. The molecule has 1 saturated heterocycles. The smallest absolute Gasteiger partial charge is 0.325 e. The lowest BCUT2D eigenvalue weighted by atomic mass is 9.98. The van der Waals surface area contributed by atoms with E-state index in [1.807, 2.05) is 41.5 Å². The number of hydrogen-bond donors (Lipinski definition) is 8. The van der Waals surface area contributed by atoms with E-state index in [1.54, 1.807) is 27.7 Å². The highest BCUT2D eigenvalue weighted by atomic mass is 16.4. The van der Waals surface area contributed by atoms with Crippen LogP contribution in [0.5, 0.6) is 0 Å². The third-order valence-electron chi connectivity index (χ3n) is 9.54. The average Bonchev–Trinajstić information content (AvgIpc) is 3.57. The Morgan fingerprint density at radius 1 is 0.571 bits per heavy atom. The first-order chi connectivity index (χ1) is 25.9. The van der Waals surface area contributed by atoms with E-state index in [-0.39, 0.29) is 42.4 Å². The first-order valence-electron chi connectivity index (χ1n) is 20.0. The first-order valence-corrected chi connectivity index (χ1v) is 20.0. The van der Waals surface area contributed by atoms with Crippen LogP contribution in [0.4, 0.5) is 0 Å². The van der Waals surface area contributed by atoms with Crippen molar-refractivity contribution in [1.82, 2.24) is 36.8 Å². The summed E-state index contributed by atoms with van der Waals surface area (Å²) >= 11 is 0. The average molecular weight is 795 g/mol. The Balaban J connectivity index is 3.06. The SMILES string of the molecule is CC(C)C[C@H](NC(=O)[C@H](C)NC(=O)[C@@H](NC(=O)[C@@H](NC(=O)[C@@H]1CCCN1C(=O)[C@@H](N)CC(C)C)C(C)C)C(C)C)C(=O)N[C@@H](CC(C)C)C(=O)N[C@@H](C)C(=O)O. The van der Waals surface area contributed by atoms with Crippen molar-refractivity contribution < 1.29 is 43.5 Å². The second kappa shape index (κ2) is 23.1. The van der Waals surface area contributed by atoms with Crippen molar-refractivity contribution >= 4 is 47.3 Å². The first kappa shape index (κ1) is 49.7. The lowest BCUT2D eigenvalue weighted by Crippen LogP contribution is -2.61. The summed E-state index contributed by atoms with van der Waals surface area (Å²) < 4.78 is 0. The molecule has 0 aliphatic carbocycles. The quantitative estimate of drug-likeness (QED) is 0.0765. The summed E-state index contributed by atoms with van der Waals surface area (Å²) in [5.74, 6) is -6.02. The van der Waals surface area contributed by atoms with Gasteiger partial charge in [0.25, 0.3) is 0 Å². The summed E-state index contributed by atoms with van der Waals surface area (Å²) in [5, 5.41) is 25.1. The molecule has 9 N–H and O–H groups in total. The van der Waals surface area contributed by atoms with Crippen LogP contribution in [-0.4, -0.2) is 112 Å². The highest BCUT2D eigenvalue weighted by molar-refractivity contribution is 5.97. The number of aliphatic carboxylic acids is 1. The number of hydrogen-bond acceptors (Lipinski definition) is 9. The maximum atomic E-state index is 13.6. The number of carboxylic acids is 1. The number of likely N-dealkylation sites (tertiary alicyclic amines) is 1. The Bertz CT molecular complexity index is 1390. The van der Waals surface area contributed by atoms with Crippen LogP contribution in [0.15, 0.2) is 0 Å². The molecule has 17 heteroatoms. The van der Waals surface area contributed by atoms with Gasteiger partial charge in [0.2, 0.25) is 41.4 Å². The van der Waals surface area contributed by atoms with Crippen molar-refractivity contribution in [2.45, 2.75) is 164 Å². The Morgan fingerprint density at radius 2 is 1.00 bits per heavy atom. The Kier molecular flexibility index (Phi) is 20.5. The molecule has 17 nitrogen and oxygen atoms in total. The Hall–Kier alpha value is -4.28. The minimum absolute atomic E-state index is 0.0340. The van der Waals surface area contributed by atoms with Crippen molar-refractivity contribution in [3.63, 3.8) is 0 Å². The van der Waals surface area contributed by atoms with E-state index in [0.717, 1.165) is 0 Å². The Labute approximate surface area is 332 Å². The second-order valence-corrected chi connectivity index (χ2v) is 17.1. The monoisotopic (exact) mass is 795 g/mol. The van der Waals surface area contributed by atoms with Crippen LogP contribution in [0.25, 0.3) is 0 Å². The summed E-state index contributed by atoms with van der Waals surface area (Å²) in [6.07, 6.45) is 1.93. The summed E-state index contributed by atoms with van der Waals surface area (Å²) in [5.41, 5.74) is 6.14. The molecule has 1 heterocycles. The molecule has 0 unspecified atom stereocenters. The van der Waals surface area contributed by atoms with Crippen LogP contribution in [0.1, 0.15) is 115 Å². The van der Waals surface area contributed by atoms with Crippen molar-refractivity contribution in [3.8, 4) is 0 Å². The zero-order valence-corrected chi connectivity index (χ0v) is 35.5. The van der Waals surface area contributed by atoms with Gasteiger partial charge < -0.3 is 47.6 Å². The lowest BCUT2D eigenvalue weighted by molar-refractivity contribution is -0.142. The van der Waals surface area contributed by atoms with E-state index in [9.17, 15) is 43.5 Å². The van der Waals surface area contributed by atoms with Crippen molar-refractivity contribution in [2.75, 3.05) is 6.54 Å². The fourth-order valence-corrected chi connectivity index (χ4v) is 6.41. The normalized spacial score (nSPS) is 18.1. The molecule has 8 atom stereocenters. The van der Waals surface area contributed by atoms with E-state index in [4.69, 9.17) is 5.73 Å². The molecule has 0 bridgehead atoms. The number of carbonyl (C=O) groups excluding carboxylic acids is 7. The zero-order valence-electron chi connectivity index (χ0n) is 35.5. The largest absolute Gasteiger partial charge is 0.480 e. The van der Waals surface area contributed by atoms with Crippen molar-refractivity contribution in [1.29, 1.82) is 0 Å². The fraction of sp³-hybridized carbons (Fsp3) is 0.795. The van der Waals surface area contributed by atoms with E-state index >= 15 is 0 Å². The van der Waals surface area contributed by atoms with Gasteiger partial charge in [-0.1, -0.05) is 69.2 Å². The maximum absolute atomic E-state index is 13.6. The highest BCUT2D eigenvalue weighted by Gasteiger charge is 2.39. The van der Waals surface area contributed by atoms with Gasteiger partial charge in [0.1, 0.15) is 42.3 Å². The molecule has 0 spiro atoms. The molecule has 1 aliphatic heterocycles. The highest BCUT2D eigenvalue weighted by Crippen LogP contribution is 2.21. The van der Waals surface area contributed by atoms with Crippen molar-refractivity contribution in [3.05, 3.63) is 0 Å². The lowest BCUT2D eigenvalue weighted by Gasteiger charge is -2.31. The Morgan fingerprint density at radius 3 is 1.46 bits per heavy atom. The zero-order chi connectivity index (χ0) is 43.2. The molecule has 56 heavy (non-hydrogen) atoms. The van der Waals surface area contributed by atoms with Gasteiger partial charge in [-0.3, -0.25) is 38.4 Å². The summed E-state index contributed by atoms with van der Waals surface area (Å²) in [6.45, 7) is 21.3. The third-order valence-corrected chi connectivity index (χ3v) is 9.54. The van der Waals surface area contributed by atoms with Crippen LogP contribution in [0.3, 0.4) is 0 Å². The standard InChI is InChI=1S/C39H70N8O9/c1-19(2)16-26(40)38(54)47-15-13-14-29(47)35(51)45-31(23(9)10)37(53)46-30(22(7)8)36(52)41-24(11)32(48)43-28(18-21(5)6)34(50)44-27(17-20(3)4)33(49)42-25(12)39(55)56/h19-31H,13-18,40H2,1-12H3,(H,41,52)(H,42,49)(H,43,48)(H,44,50)(H,45,51)(H,46,53)(H,55,56)/t24-,25-,26-,27-,28-,29-,30-,31-/m0/s1. The molecule has 7 amide bonds. The number of carbonyl (C=O) groups is 8. The molecule has 320 valence electrons. The van der Waals surface area contributed by atoms with Crippen LogP contribution in [0.2, 0.25) is 0 Å². The number of nitrogens with zero attached hydrogens (tertiary/aromatic N) is 1. The molecular formula is C39H70N8O9. The van der Waals surface area contributed by atoms with Crippen LogP contribution in [0, 0.1) is 29.6 Å². The summed E-state index contributed by atoms with van der Waals surface area (Å²) in [7, 11) is 0. The van der Waals surface area contributed by atoms with E-state index in [1.165, 1.54) is 18.7 Å². The van der Waals surface area contributed by atoms with Gasteiger partial charge in [-0.25, -0.2) is 0 Å². The van der Waals surface area contributed by atoms with Crippen LogP contribution in [-0.2, 0) is 38.4 Å². The third kappa shape index (κ3) is 16.1. The number of nitrogens with one attached hydrogen (secondary N) is 6. The minimum atomic E-state index is -1.23. The molecule has 0 aromatic rings. The number of rotatable bonds is 22. The maximum Gasteiger partial charge on any atom is 0.325 e. The van der Waals surface area contributed by atoms with Crippen LogP contribution >= 0.6 is 0 Å². The second-order valence-electron chi connectivity index (χ2n) is 17.1. The molecule has 1 rings (SSSR count). The predicted molar refractivity (Wildman–Crippen MR) is 211 cm³/mol. The predicted octanol–water partition coefficient (Wildman–Crippen LogP) is 0.788. The minimum Gasteiger partial charge on any atom is -0.480 e. The van der Waals surface area contributed by atoms with Gasteiger partial charge in [-0.2, -0.15) is 0 Å². The number of nitrogens with two attached hydrogens (primary N) is 1. The van der Waals surface area contributed by atoms with Gasteiger partial charge >= 0.3 is 5.97 Å². The van der Waals surface area contributed by atoms with E-state index in [2.05, 4.69) is 31.9 Å². The van der Waals surface area contributed by atoms with Crippen LogP contribution < -0.4 is 37.6 Å². The molecule has 0 aromatic carbocycles. The number of carboxylic acid groups (broad SMARTS) is 1. The molecule has 0 aromatic heterocycles. The van der Waals surface area contributed by atoms with Gasteiger partial charge in [0, 0.05) is 6.54 Å². The summed E-state index contributed by atoms with van der Waals surface area (Å²) in [4.78, 5) is 106. The molecule has 0 saturated carbocycles. The van der Waals surface area contributed by atoms with Crippen molar-refractivity contribution in [2.24, 2.45) is 35.3 Å². The van der Waals surface area contributed by atoms with Gasteiger partial charge in [0.15, 0.2) is 0 Å². The van der Waals surface area contributed by atoms with Gasteiger partial charge in [-0.05, 0) is 75.5 Å². The van der Waals surface area contributed by atoms with E-state index in [0.29, 0.717) is 25.8 Å². The molecule has 1 aliphatic rings. The van der Waals surface area contributed by atoms with E-state index < -0.39 is 95.7 Å². The fourth-order valence-electron chi connectivity index (χ4n) is 6.41.